The SMILES string of the molecule is Cc1cc(C)cc(NC(=O)C(=O)NC2=NCCS2)c1. The summed E-state index contributed by atoms with van der Waals surface area (Å²) in [5, 5.41) is 5.59. The molecule has 0 spiro atoms. The van der Waals surface area contributed by atoms with E-state index >= 15 is 0 Å². The molecule has 0 unspecified atom stereocenters. The lowest BCUT2D eigenvalue weighted by Gasteiger charge is -2.07. The predicted octanol–water partition coefficient (Wildman–Crippen LogP) is 1.46. The van der Waals surface area contributed by atoms with Crippen LogP contribution in [0.5, 0.6) is 0 Å². The third-order valence-electron chi connectivity index (χ3n) is 2.49. The Labute approximate surface area is 115 Å². The van der Waals surface area contributed by atoms with Gasteiger partial charge in [-0.3, -0.25) is 19.9 Å². The molecule has 6 heteroatoms. The van der Waals surface area contributed by atoms with E-state index in [9.17, 15) is 9.59 Å². The van der Waals surface area contributed by atoms with Gasteiger partial charge in [0.1, 0.15) is 0 Å². The molecule has 5 nitrogen and oxygen atoms in total. The molecule has 2 N–H and O–H groups in total. The van der Waals surface area contributed by atoms with Crippen LogP contribution in [0, 0.1) is 13.8 Å². The number of amides is 2. The molecular formula is C13H15N3O2S. The van der Waals surface area contributed by atoms with E-state index in [0.29, 0.717) is 17.4 Å². The maximum absolute atomic E-state index is 11.7. The van der Waals surface area contributed by atoms with Crippen LogP contribution in [0.2, 0.25) is 0 Å². The van der Waals surface area contributed by atoms with Crippen LogP contribution in [-0.2, 0) is 9.59 Å². The first-order valence-corrected chi connectivity index (χ1v) is 6.91. The molecule has 0 aromatic heterocycles. The summed E-state index contributed by atoms with van der Waals surface area (Å²) in [6.07, 6.45) is 0. The van der Waals surface area contributed by atoms with E-state index in [1.807, 2.05) is 32.0 Å². The fourth-order valence-electron chi connectivity index (χ4n) is 1.80. The van der Waals surface area contributed by atoms with Crippen LogP contribution < -0.4 is 10.6 Å². The molecule has 0 radical (unpaired) electrons. The molecule has 0 saturated carbocycles. The van der Waals surface area contributed by atoms with Gasteiger partial charge in [0.2, 0.25) is 0 Å². The molecule has 0 fully saturated rings. The van der Waals surface area contributed by atoms with Crippen LogP contribution in [0.15, 0.2) is 23.2 Å². The summed E-state index contributed by atoms with van der Waals surface area (Å²) in [5.41, 5.74) is 2.69. The van der Waals surface area contributed by atoms with Gasteiger partial charge in [-0.15, -0.1) is 0 Å². The van der Waals surface area contributed by atoms with Crippen LogP contribution >= 0.6 is 11.8 Å². The molecule has 2 rings (SSSR count). The maximum Gasteiger partial charge on any atom is 0.315 e. The number of amidine groups is 1. The van der Waals surface area contributed by atoms with Gasteiger partial charge in [-0.1, -0.05) is 17.8 Å². The first-order valence-electron chi connectivity index (χ1n) is 5.92. The van der Waals surface area contributed by atoms with Gasteiger partial charge >= 0.3 is 11.8 Å². The summed E-state index contributed by atoms with van der Waals surface area (Å²) in [5.74, 6) is -0.526. The first-order chi connectivity index (χ1) is 9.04. The number of carbonyl (C=O) groups excluding carboxylic acids is 2. The Balaban J connectivity index is 1.98. The summed E-state index contributed by atoms with van der Waals surface area (Å²) in [6.45, 7) is 4.55. The van der Waals surface area contributed by atoms with Gasteiger partial charge in [0.05, 0.1) is 6.54 Å². The van der Waals surface area contributed by atoms with Crippen molar-refractivity contribution in [2.24, 2.45) is 4.99 Å². The third-order valence-corrected chi connectivity index (χ3v) is 3.38. The Morgan fingerprint density at radius 1 is 1.11 bits per heavy atom. The average Bonchev–Trinajstić information content (AvgIpc) is 2.80. The zero-order valence-electron chi connectivity index (χ0n) is 10.8. The van der Waals surface area contributed by atoms with Crippen molar-refractivity contribution >= 4 is 34.4 Å². The Morgan fingerprint density at radius 3 is 2.32 bits per heavy atom. The minimum Gasteiger partial charge on any atom is -0.318 e. The van der Waals surface area contributed by atoms with E-state index in [-0.39, 0.29) is 0 Å². The highest BCUT2D eigenvalue weighted by molar-refractivity contribution is 8.14. The van der Waals surface area contributed by atoms with E-state index in [1.54, 1.807) is 0 Å². The lowest BCUT2D eigenvalue weighted by Crippen LogP contribution is -2.37. The average molecular weight is 277 g/mol. The van der Waals surface area contributed by atoms with Gasteiger partial charge in [-0.2, -0.15) is 0 Å². The zero-order chi connectivity index (χ0) is 13.8. The molecule has 1 heterocycles. The van der Waals surface area contributed by atoms with E-state index < -0.39 is 11.8 Å². The van der Waals surface area contributed by atoms with Crippen molar-refractivity contribution < 1.29 is 9.59 Å². The standard InChI is InChI=1S/C13H15N3O2S/c1-8-5-9(2)7-10(6-8)15-11(17)12(18)16-13-14-3-4-19-13/h5-7H,3-4H2,1-2H3,(H,15,17)(H,14,16,18). The highest BCUT2D eigenvalue weighted by Gasteiger charge is 2.17. The number of aryl methyl sites for hydroxylation is 2. The summed E-state index contributed by atoms with van der Waals surface area (Å²) in [4.78, 5) is 27.5. The highest BCUT2D eigenvalue weighted by atomic mass is 32.2. The number of nitrogens with one attached hydrogen (secondary N) is 2. The van der Waals surface area contributed by atoms with Crippen molar-refractivity contribution in [3.8, 4) is 0 Å². The molecule has 19 heavy (non-hydrogen) atoms. The first kappa shape index (κ1) is 13.6. The Bertz CT molecular complexity index is 535. The monoisotopic (exact) mass is 277 g/mol. The lowest BCUT2D eigenvalue weighted by molar-refractivity contribution is -0.135. The maximum atomic E-state index is 11.7. The van der Waals surface area contributed by atoms with Crippen LogP contribution in [0.3, 0.4) is 0 Å². The number of thioether (sulfide) groups is 1. The zero-order valence-corrected chi connectivity index (χ0v) is 11.6. The summed E-state index contributed by atoms with van der Waals surface area (Å²) in [7, 11) is 0. The van der Waals surface area contributed by atoms with Crippen molar-refractivity contribution in [2.75, 3.05) is 17.6 Å². The number of aliphatic imine (C=N–C) groups is 1. The van der Waals surface area contributed by atoms with Gasteiger partial charge in [-0.05, 0) is 37.1 Å². The minimum atomic E-state index is -0.688. The normalized spacial score (nSPS) is 13.9. The van der Waals surface area contributed by atoms with Gasteiger partial charge < -0.3 is 5.32 Å². The second-order valence-corrected chi connectivity index (χ2v) is 5.40. The predicted molar refractivity (Wildman–Crippen MR) is 77.4 cm³/mol. The third kappa shape index (κ3) is 3.82. The van der Waals surface area contributed by atoms with Crippen LogP contribution in [0.25, 0.3) is 0 Å². The van der Waals surface area contributed by atoms with Gasteiger partial charge in [0.15, 0.2) is 5.17 Å². The summed E-state index contributed by atoms with van der Waals surface area (Å²) in [6, 6.07) is 5.64. The molecule has 1 aliphatic heterocycles. The molecule has 1 aliphatic rings. The quantitative estimate of drug-likeness (QED) is 0.763. The fourth-order valence-corrected chi connectivity index (χ4v) is 2.52. The second kappa shape index (κ2) is 5.88. The van der Waals surface area contributed by atoms with E-state index in [2.05, 4.69) is 15.6 Å². The molecule has 100 valence electrons. The molecule has 0 aliphatic carbocycles. The number of hydrogen-bond acceptors (Lipinski definition) is 4. The largest absolute Gasteiger partial charge is 0.318 e. The topological polar surface area (TPSA) is 70.6 Å². The smallest absolute Gasteiger partial charge is 0.315 e. The Hall–Kier alpha value is -1.82. The molecule has 0 atom stereocenters. The van der Waals surface area contributed by atoms with Crippen LogP contribution in [-0.4, -0.2) is 29.3 Å². The summed E-state index contributed by atoms with van der Waals surface area (Å²) < 4.78 is 0. The Morgan fingerprint density at radius 2 is 1.74 bits per heavy atom. The number of hydrogen-bond donors (Lipinski definition) is 2. The van der Waals surface area contributed by atoms with Crippen molar-refractivity contribution in [2.45, 2.75) is 13.8 Å². The summed E-state index contributed by atoms with van der Waals surface area (Å²) >= 11 is 1.44. The van der Waals surface area contributed by atoms with Gasteiger partial charge in [0.25, 0.3) is 0 Å². The van der Waals surface area contributed by atoms with Crippen molar-refractivity contribution in [3.63, 3.8) is 0 Å². The van der Waals surface area contributed by atoms with E-state index in [1.165, 1.54) is 11.8 Å². The number of carbonyl (C=O) groups is 2. The van der Waals surface area contributed by atoms with Gasteiger partial charge in [-0.25, -0.2) is 0 Å². The minimum absolute atomic E-state index is 0.514. The Kier molecular flexibility index (Phi) is 4.21. The lowest BCUT2D eigenvalue weighted by atomic mass is 10.1. The van der Waals surface area contributed by atoms with Crippen molar-refractivity contribution in [1.29, 1.82) is 0 Å². The number of benzene rings is 1. The molecule has 0 bridgehead atoms. The van der Waals surface area contributed by atoms with Crippen molar-refractivity contribution in [3.05, 3.63) is 29.3 Å². The molecule has 1 aromatic rings. The molecule has 2 amide bonds. The number of rotatable bonds is 1. The molecule has 0 saturated heterocycles. The highest BCUT2D eigenvalue weighted by Crippen LogP contribution is 2.13. The van der Waals surface area contributed by atoms with E-state index in [4.69, 9.17) is 0 Å². The molecular weight excluding hydrogens is 262 g/mol. The second-order valence-electron chi connectivity index (χ2n) is 4.32. The van der Waals surface area contributed by atoms with Gasteiger partial charge in [0, 0.05) is 11.4 Å². The fraction of sp³-hybridized carbons (Fsp3) is 0.308. The van der Waals surface area contributed by atoms with Crippen molar-refractivity contribution in [1.82, 2.24) is 5.32 Å². The molecule has 1 aromatic carbocycles. The van der Waals surface area contributed by atoms with Crippen LogP contribution in [0.4, 0.5) is 5.69 Å². The number of anilines is 1. The van der Waals surface area contributed by atoms with Crippen LogP contribution in [0.1, 0.15) is 11.1 Å². The number of nitrogens with zero attached hydrogens (tertiary/aromatic N) is 1. The van der Waals surface area contributed by atoms with E-state index in [0.717, 1.165) is 16.9 Å².